The molecule has 1 aromatic rings. The third-order valence-electron chi connectivity index (χ3n) is 4.36. The molecular weight excluding hydrogens is 336 g/mol. The SMILES string of the molecule is CCCCCCCCCCC(OC(=O)c1cnc(Cl)cn1)C(C)(C)C. The molecule has 0 aliphatic carbocycles. The number of hydrogen-bond donors (Lipinski definition) is 0. The van der Waals surface area contributed by atoms with Crippen molar-refractivity contribution in [1.29, 1.82) is 0 Å². The van der Waals surface area contributed by atoms with Crippen LogP contribution < -0.4 is 0 Å². The zero-order chi connectivity index (χ0) is 18.7. The lowest BCUT2D eigenvalue weighted by Crippen LogP contribution is -2.32. The van der Waals surface area contributed by atoms with Crippen molar-refractivity contribution in [1.82, 2.24) is 9.97 Å². The Morgan fingerprint density at radius 1 is 1.04 bits per heavy atom. The predicted molar refractivity (Wildman–Crippen MR) is 103 cm³/mol. The quantitative estimate of drug-likeness (QED) is 0.343. The zero-order valence-corrected chi connectivity index (χ0v) is 16.9. The number of carbonyl (C=O) groups excluding carboxylic acids is 1. The van der Waals surface area contributed by atoms with Crippen molar-refractivity contribution < 1.29 is 9.53 Å². The highest BCUT2D eigenvalue weighted by atomic mass is 35.5. The van der Waals surface area contributed by atoms with Gasteiger partial charge in [-0.15, -0.1) is 0 Å². The molecule has 0 spiro atoms. The molecule has 4 nitrogen and oxygen atoms in total. The van der Waals surface area contributed by atoms with E-state index in [4.69, 9.17) is 16.3 Å². The first kappa shape index (κ1) is 21.9. The van der Waals surface area contributed by atoms with Crippen LogP contribution in [0.25, 0.3) is 0 Å². The molecule has 0 aromatic carbocycles. The maximum Gasteiger partial charge on any atom is 0.358 e. The fourth-order valence-corrected chi connectivity index (χ4v) is 2.84. The molecule has 5 heteroatoms. The number of carbonyl (C=O) groups is 1. The van der Waals surface area contributed by atoms with Crippen molar-refractivity contribution in [3.63, 3.8) is 0 Å². The van der Waals surface area contributed by atoms with Gasteiger partial charge in [0.15, 0.2) is 5.69 Å². The smallest absolute Gasteiger partial charge is 0.358 e. The zero-order valence-electron chi connectivity index (χ0n) is 16.2. The van der Waals surface area contributed by atoms with Crippen molar-refractivity contribution >= 4 is 17.6 Å². The van der Waals surface area contributed by atoms with E-state index in [2.05, 4.69) is 37.7 Å². The number of halogens is 1. The average molecular weight is 369 g/mol. The Balaban J connectivity index is 2.39. The monoisotopic (exact) mass is 368 g/mol. The first-order valence-electron chi connectivity index (χ1n) is 9.53. The minimum Gasteiger partial charge on any atom is -0.457 e. The van der Waals surface area contributed by atoms with E-state index in [1.807, 2.05) is 0 Å². The molecule has 0 N–H and O–H groups in total. The summed E-state index contributed by atoms with van der Waals surface area (Å²) < 4.78 is 5.72. The fraction of sp³-hybridized carbons (Fsp3) is 0.750. The summed E-state index contributed by atoms with van der Waals surface area (Å²) in [6.45, 7) is 8.54. The average Bonchev–Trinajstić information content (AvgIpc) is 2.55. The molecule has 0 aliphatic heterocycles. The normalized spacial score (nSPS) is 12.8. The van der Waals surface area contributed by atoms with Gasteiger partial charge in [-0.25, -0.2) is 14.8 Å². The van der Waals surface area contributed by atoms with Gasteiger partial charge in [0.25, 0.3) is 0 Å². The molecule has 25 heavy (non-hydrogen) atoms. The van der Waals surface area contributed by atoms with Crippen LogP contribution in [0.5, 0.6) is 0 Å². The van der Waals surface area contributed by atoms with Crippen molar-refractivity contribution in [2.75, 3.05) is 0 Å². The Bertz CT molecular complexity index is 497. The van der Waals surface area contributed by atoms with E-state index in [-0.39, 0.29) is 22.4 Å². The predicted octanol–water partition coefficient (Wildman–Crippen LogP) is 6.23. The second-order valence-electron chi connectivity index (χ2n) is 7.75. The number of hydrogen-bond acceptors (Lipinski definition) is 4. The van der Waals surface area contributed by atoms with Gasteiger partial charge in [-0.1, -0.05) is 84.2 Å². The topological polar surface area (TPSA) is 52.1 Å². The molecule has 0 fully saturated rings. The van der Waals surface area contributed by atoms with Crippen LogP contribution >= 0.6 is 11.6 Å². The van der Waals surface area contributed by atoms with E-state index in [1.54, 1.807) is 0 Å². The molecule has 0 aliphatic rings. The van der Waals surface area contributed by atoms with Gasteiger partial charge >= 0.3 is 5.97 Å². The first-order chi connectivity index (χ1) is 11.8. The van der Waals surface area contributed by atoms with Gasteiger partial charge in [-0.05, 0) is 18.3 Å². The second kappa shape index (κ2) is 11.5. The van der Waals surface area contributed by atoms with E-state index >= 15 is 0 Å². The Kier molecular flexibility index (Phi) is 10.0. The molecule has 0 saturated carbocycles. The van der Waals surface area contributed by atoms with Gasteiger partial charge in [-0.2, -0.15) is 0 Å². The van der Waals surface area contributed by atoms with E-state index in [0.717, 1.165) is 12.8 Å². The molecule has 1 atom stereocenters. The Morgan fingerprint density at radius 3 is 2.16 bits per heavy atom. The van der Waals surface area contributed by atoms with Crippen molar-refractivity contribution in [2.45, 2.75) is 91.6 Å². The number of unbranched alkanes of at least 4 members (excludes halogenated alkanes) is 7. The molecule has 1 unspecified atom stereocenters. The summed E-state index contributed by atoms with van der Waals surface area (Å²) in [5.74, 6) is -0.427. The molecule has 1 heterocycles. The van der Waals surface area contributed by atoms with Gasteiger partial charge in [0.05, 0.1) is 12.4 Å². The molecule has 0 saturated heterocycles. The summed E-state index contributed by atoms with van der Waals surface area (Å²) >= 11 is 5.71. The van der Waals surface area contributed by atoms with E-state index in [0.29, 0.717) is 0 Å². The number of rotatable bonds is 11. The second-order valence-corrected chi connectivity index (χ2v) is 8.14. The van der Waals surface area contributed by atoms with Gasteiger partial charge in [-0.3, -0.25) is 0 Å². The van der Waals surface area contributed by atoms with Gasteiger partial charge in [0, 0.05) is 0 Å². The minimum atomic E-state index is -0.427. The summed E-state index contributed by atoms with van der Waals surface area (Å²) in [6.07, 6.45) is 13.6. The summed E-state index contributed by atoms with van der Waals surface area (Å²) in [5, 5.41) is 0.267. The highest BCUT2D eigenvalue weighted by molar-refractivity contribution is 6.29. The van der Waals surface area contributed by atoms with Crippen LogP contribution in [0.2, 0.25) is 5.15 Å². The Morgan fingerprint density at radius 2 is 1.64 bits per heavy atom. The molecule has 0 radical (unpaired) electrons. The van der Waals surface area contributed by atoms with Crippen LogP contribution in [-0.4, -0.2) is 22.0 Å². The number of esters is 1. The van der Waals surface area contributed by atoms with Gasteiger partial charge in [0.2, 0.25) is 0 Å². The van der Waals surface area contributed by atoms with Gasteiger partial charge < -0.3 is 4.74 Å². The van der Waals surface area contributed by atoms with Gasteiger partial charge in [0.1, 0.15) is 11.3 Å². The third-order valence-corrected chi connectivity index (χ3v) is 4.56. The van der Waals surface area contributed by atoms with Crippen LogP contribution in [0.4, 0.5) is 0 Å². The number of nitrogens with zero attached hydrogens (tertiary/aromatic N) is 2. The van der Waals surface area contributed by atoms with Crippen molar-refractivity contribution in [3.05, 3.63) is 23.2 Å². The molecule has 0 amide bonds. The van der Waals surface area contributed by atoms with Crippen LogP contribution in [-0.2, 0) is 4.74 Å². The summed E-state index contributed by atoms with van der Waals surface area (Å²) in [6, 6.07) is 0. The highest BCUT2D eigenvalue weighted by Crippen LogP contribution is 2.27. The lowest BCUT2D eigenvalue weighted by molar-refractivity contribution is -0.00752. The van der Waals surface area contributed by atoms with Crippen LogP contribution in [0.3, 0.4) is 0 Å². The molecule has 1 rings (SSSR count). The third kappa shape index (κ3) is 9.20. The lowest BCUT2D eigenvalue weighted by Gasteiger charge is -2.30. The van der Waals surface area contributed by atoms with Crippen molar-refractivity contribution in [2.24, 2.45) is 5.41 Å². The lowest BCUT2D eigenvalue weighted by atomic mass is 9.85. The Hall–Kier alpha value is -1.16. The summed E-state index contributed by atoms with van der Waals surface area (Å²) in [5.41, 5.74) is 0.103. The maximum absolute atomic E-state index is 12.3. The number of aromatic nitrogens is 2. The van der Waals surface area contributed by atoms with Crippen LogP contribution in [0.1, 0.15) is 96.0 Å². The van der Waals surface area contributed by atoms with Crippen LogP contribution in [0.15, 0.2) is 12.4 Å². The molecule has 1 aromatic heterocycles. The first-order valence-corrected chi connectivity index (χ1v) is 9.91. The summed E-state index contributed by atoms with van der Waals surface area (Å²) in [4.78, 5) is 20.2. The fourth-order valence-electron chi connectivity index (χ4n) is 2.74. The number of ether oxygens (including phenoxy) is 1. The molecule has 142 valence electrons. The highest BCUT2D eigenvalue weighted by Gasteiger charge is 2.28. The largest absolute Gasteiger partial charge is 0.457 e. The summed E-state index contributed by atoms with van der Waals surface area (Å²) in [7, 11) is 0. The Labute approximate surface area is 157 Å². The maximum atomic E-state index is 12.3. The van der Waals surface area contributed by atoms with E-state index in [1.165, 1.54) is 57.3 Å². The van der Waals surface area contributed by atoms with Crippen molar-refractivity contribution in [3.8, 4) is 0 Å². The van der Waals surface area contributed by atoms with E-state index < -0.39 is 5.97 Å². The molecule has 0 bridgehead atoms. The standard InChI is InChI=1S/C20H33ClN2O2/c1-5-6-7-8-9-10-11-12-13-17(20(2,3)4)25-19(24)16-14-23-18(21)15-22-16/h14-15,17H,5-13H2,1-4H3. The molecular formula is C20H33ClN2O2. The van der Waals surface area contributed by atoms with E-state index in [9.17, 15) is 4.79 Å². The van der Waals surface area contributed by atoms with Crippen LogP contribution in [0, 0.1) is 5.41 Å². The minimum absolute atomic E-state index is 0.101.